The largest absolute Gasteiger partial charge is 0.491 e. The molecule has 296 valence electrons. The third-order valence-corrected chi connectivity index (χ3v) is 10.7. The van der Waals surface area contributed by atoms with Gasteiger partial charge in [-0.15, -0.1) is 0 Å². The predicted octanol–water partition coefficient (Wildman–Crippen LogP) is 5.32. The fourth-order valence-electron chi connectivity index (χ4n) is 7.30. The van der Waals surface area contributed by atoms with Crippen LogP contribution in [0.4, 0.5) is 20.2 Å². The van der Waals surface area contributed by atoms with E-state index in [-0.39, 0.29) is 43.1 Å². The highest BCUT2D eigenvalue weighted by Crippen LogP contribution is 2.38. The zero-order valence-corrected chi connectivity index (χ0v) is 31.8. The third-order valence-electron chi connectivity index (χ3n) is 10.7. The minimum atomic E-state index is -1.52. The van der Waals surface area contributed by atoms with Gasteiger partial charge in [0, 0.05) is 61.8 Å². The number of nitrogens with zero attached hydrogens (tertiary/aromatic N) is 8. The first-order valence-corrected chi connectivity index (χ1v) is 19.1. The summed E-state index contributed by atoms with van der Waals surface area (Å²) in [6, 6.07) is 29.4. The number of anilines is 2. The number of rotatable bonds is 14. The van der Waals surface area contributed by atoms with E-state index < -0.39 is 23.5 Å². The van der Waals surface area contributed by atoms with Gasteiger partial charge in [0.2, 0.25) is 5.79 Å². The van der Waals surface area contributed by atoms with Crippen molar-refractivity contribution in [1.82, 2.24) is 34.4 Å². The van der Waals surface area contributed by atoms with Gasteiger partial charge in [0.05, 0.1) is 18.3 Å². The van der Waals surface area contributed by atoms with Crippen LogP contribution in [0.15, 0.2) is 121 Å². The van der Waals surface area contributed by atoms with Gasteiger partial charge < -0.3 is 29.3 Å². The molecule has 0 aliphatic carbocycles. The number of halogens is 2. The predicted molar refractivity (Wildman–Crippen MR) is 211 cm³/mol. The van der Waals surface area contributed by atoms with Crippen molar-refractivity contribution in [3.63, 3.8) is 0 Å². The van der Waals surface area contributed by atoms with Crippen LogP contribution in [-0.4, -0.2) is 80.7 Å². The molecule has 2 aliphatic rings. The minimum absolute atomic E-state index is 0.0284. The lowest BCUT2D eigenvalue weighted by Crippen LogP contribution is -2.46. The van der Waals surface area contributed by atoms with E-state index in [1.807, 2.05) is 61.5 Å². The van der Waals surface area contributed by atoms with Crippen LogP contribution in [0.5, 0.6) is 5.75 Å². The first-order valence-electron chi connectivity index (χ1n) is 19.1. The second-order valence-corrected chi connectivity index (χ2v) is 14.4. The van der Waals surface area contributed by atoms with Gasteiger partial charge in [0.15, 0.2) is 0 Å². The van der Waals surface area contributed by atoms with E-state index in [2.05, 4.69) is 61.5 Å². The second-order valence-electron chi connectivity index (χ2n) is 14.4. The molecule has 2 aromatic heterocycles. The van der Waals surface area contributed by atoms with Crippen molar-refractivity contribution in [1.29, 1.82) is 0 Å². The number of benzene rings is 4. The molecule has 57 heavy (non-hydrogen) atoms. The van der Waals surface area contributed by atoms with Gasteiger partial charge >= 0.3 is 5.69 Å². The SMILES string of the molecule is CC([C@H](C)NCc1ccccc1)n1ncn(-c2ccc(N3CCN(c4ccc(OC[C@@H]5CO[C@](Cn6cncn6)(c6ccc(F)cc6F)O5)cc4)CC3)cc2)c1=O. The third kappa shape index (κ3) is 8.45. The van der Waals surface area contributed by atoms with Crippen LogP contribution in [0.2, 0.25) is 0 Å². The van der Waals surface area contributed by atoms with Gasteiger partial charge in [-0.1, -0.05) is 30.3 Å². The van der Waals surface area contributed by atoms with Crippen molar-refractivity contribution in [2.45, 2.75) is 50.9 Å². The summed E-state index contributed by atoms with van der Waals surface area (Å²) in [5, 5.41) is 12.1. The molecule has 4 heterocycles. The molecule has 13 nitrogen and oxygen atoms in total. The highest BCUT2D eigenvalue weighted by Gasteiger charge is 2.46. The lowest BCUT2D eigenvalue weighted by atomic mass is 10.0. The molecule has 8 rings (SSSR count). The summed E-state index contributed by atoms with van der Waals surface area (Å²) in [7, 11) is 0. The molecular formula is C42H45F2N9O4. The van der Waals surface area contributed by atoms with Gasteiger partial charge in [-0.3, -0.25) is 0 Å². The molecule has 0 saturated carbocycles. The molecule has 1 N–H and O–H groups in total. The van der Waals surface area contributed by atoms with Crippen molar-refractivity contribution in [3.8, 4) is 11.4 Å². The van der Waals surface area contributed by atoms with Crippen molar-refractivity contribution in [2.75, 3.05) is 49.2 Å². The summed E-state index contributed by atoms with van der Waals surface area (Å²) < 4.78 is 51.6. The summed E-state index contributed by atoms with van der Waals surface area (Å²) in [5.74, 6) is -2.32. The maximum Gasteiger partial charge on any atom is 0.350 e. The Morgan fingerprint density at radius 3 is 2.21 bits per heavy atom. The van der Waals surface area contributed by atoms with Gasteiger partial charge in [-0.05, 0) is 80.1 Å². The quantitative estimate of drug-likeness (QED) is 0.156. The Bertz CT molecular complexity index is 2280. The normalized spacial score (nSPS) is 19.5. The zero-order valence-electron chi connectivity index (χ0n) is 31.8. The average Bonchev–Trinajstić information content (AvgIpc) is 4.01. The zero-order chi connectivity index (χ0) is 39.4. The van der Waals surface area contributed by atoms with Gasteiger partial charge in [0.1, 0.15) is 55.6 Å². The van der Waals surface area contributed by atoms with E-state index in [0.29, 0.717) is 12.3 Å². The highest BCUT2D eigenvalue weighted by atomic mass is 19.1. The number of hydrogen-bond acceptors (Lipinski definition) is 10. The van der Waals surface area contributed by atoms with E-state index in [0.717, 1.165) is 49.3 Å². The van der Waals surface area contributed by atoms with Crippen LogP contribution in [0.1, 0.15) is 31.0 Å². The van der Waals surface area contributed by atoms with Crippen LogP contribution in [-0.2, 0) is 28.4 Å². The first-order chi connectivity index (χ1) is 27.7. The molecule has 4 atom stereocenters. The van der Waals surface area contributed by atoms with Crippen LogP contribution >= 0.6 is 0 Å². The van der Waals surface area contributed by atoms with Crippen LogP contribution in [0, 0.1) is 11.6 Å². The Kier molecular flexibility index (Phi) is 11.1. The number of hydrogen-bond donors (Lipinski definition) is 1. The smallest absolute Gasteiger partial charge is 0.350 e. The molecular weight excluding hydrogens is 733 g/mol. The first kappa shape index (κ1) is 38.0. The maximum absolute atomic E-state index is 14.9. The highest BCUT2D eigenvalue weighted by molar-refractivity contribution is 5.54. The van der Waals surface area contributed by atoms with Crippen LogP contribution < -0.4 is 25.5 Å². The average molecular weight is 778 g/mol. The summed E-state index contributed by atoms with van der Waals surface area (Å²) in [6.45, 7) is 8.48. The summed E-state index contributed by atoms with van der Waals surface area (Å²) in [5.41, 5.74) is 4.05. The van der Waals surface area contributed by atoms with Gasteiger partial charge in [-0.25, -0.2) is 32.5 Å². The lowest BCUT2D eigenvalue weighted by molar-refractivity contribution is -0.192. The van der Waals surface area contributed by atoms with E-state index in [4.69, 9.17) is 14.2 Å². The molecule has 15 heteroatoms. The van der Waals surface area contributed by atoms with E-state index in [9.17, 15) is 13.6 Å². The van der Waals surface area contributed by atoms with E-state index in [1.165, 1.54) is 35.0 Å². The Morgan fingerprint density at radius 2 is 1.54 bits per heavy atom. The van der Waals surface area contributed by atoms with Gasteiger partial charge in [0.25, 0.3) is 0 Å². The van der Waals surface area contributed by atoms with E-state index >= 15 is 0 Å². The number of ether oxygens (including phenoxy) is 3. The van der Waals surface area contributed by atoms with Crippen molar-refractivity contribution < 1.29 is 23.0 Å². The van der Waals surface area contributed by atoms with Crippen LogP contribution in [0.25, 0.3) is 5.69 Å². The molecule has 1 unspecified atom stereocenters. The second kappa shape index (κ2) is 16.7. The molecule has 2 saturated heterocycles. The molecule has 0 spiro atoms. The Hall–Kier alpha value is -5.90. The maximum atomic E-state index is 14.9. The molecule has 0 radical (unpaired) electrons. The molecule has 6 aromatic rings. The number of piperazine rings is 1. The number of aromatic nitrogens is 6. The topological polar surface area (TPSA) is 117 Å². The Balaban J connectivity index is 0.822. The molecule has 2 aliphatic heterocycles. The molecule has 2 fully saturated rings. The van der Waals surface area contributed by atoms with Crippen LogP contribution in [0.3, 0.4) is 0 Å². The van der Waals surface area contributed by atoms with Crippen molar-refractivity contribution in [3.05, 3.63) is 149 Å². The van der Waals surface area contributed by atoms with Crippen molar-refractivity contribution in [2.24, 2.45) is 0 Å². The Morgan fingerprint density at radius 1 is 0.860 bits per heavy atom. The summed E-state index contributed by atoms with van der Waals surface area (Å²) >= 11 is 0. The summed E-state index contributed by atoms with van der Waals surface area (Å²) in [6.07, 6.45) is 3.93. The monoisotopic (exact) mass is 777 g/mol. The van der Waals surface area contributed by atoms with Crippen molar-refractivity contribution >= 4 is 11.4 Å². The molecule has 0 bridgehead atoms. The molecule has 4 aromatic carbocycles. The fourth-order valence-corrected chi connectivity index (χ4v) is 7.30. The summed E-state index contributed by atoms with van der Waals surface area (Å²) in [4.78, 5) is 22.0. The minimum Gasteiger partial charge on any atom is -0.491 e. The lowest BCUT2D eigenvalue weighted by Gasteiger charge is -2.37. The Labute approximate surface area is 329 Å². The molecule has 0 amide bonds. The standard InChI is InChI=1S/C42H45F2N9O4/c1-30(46-23-32-6-4-3-5-7-32)31(2)53-41(54)52(29-48-53)36-11-9-34(10-12-36)49-18-20-50(21-19-49)35-13-15-37(16-14-35)55-24-38-25-56-42(57-38,26-51-28-45-27-47-51)39-17-8-33(43)22-40(39)44/h3-17,22,27-31,38,46H,18-21,23-26H2,1-2H3/t30-,31?,38+,42-/m0/s1. The fraction of sp³-hybridized carbons (Fsp3) is 0.333. The van der Waals surface area contributed by atoms with Gasteiger partial charge in [-0.2, -0.15) is 10.2 Å². The number of nitrogens with one attached hydrogen (secondary N) is 1. The van der Waals surface area contributed by atoms with E-state index in [1.54, 1.807) is 15.6 Å².